The number of anilines is 1. The molecule has 0 aliphatic rings. The molecule has 0 unspecified atom stereocenters. The average molecular weight is 388 g/mol. The molecule has 0 spiro atoms. The number of carbonyl (C=O) groups is 1. The summed E-state index contributed by atoms with van der Waals surface area (Å²) in [5, 5.41) is 4.70. The Labute approximate surface area is 129 Å². The molecule has 1 aromatic heterocycles. The van der Waals surface area contributed by atoms with Gasteiger partial charge in [-0.1, -0.05) is 0 Å². The summed E-state index contributed by atoms with van der Waals surface area (Å²) >= 11 is 3.74. The van der Waals surface area contributed by atoms with Gasteiger partial charge in [0.1, 0.15) is 5.75 Å². The standard InChI is InChI=1S/C13H13IN2O2S/c1-18-11-3-2-10(15)4-8(11)6-16-13(17)9-5-12(14)19-7-9/h2-5,7H,6,15H2,1H3,(H,16,17). The summed E-state index contributed by atoms with van der Waals surface area (Å²) in [4.78, 5) is 11.9. The fraction of sp³-hybridized carbons (Fsp3) is 0.154. The second-order valence-electron chi connectivity index (χ2n) is 3.89. The number of thiophene rings is 1. The van der Waals surface area contributed by atoms with Gasteiger partial charge in [-0.15, -0.1) is 11.3 Å². The van der Waals surface area contributed by atoms with E-state index in [9.17, 15) is 4.79 Å². The maximum Gasteiger partial charge on any atom is 0.252 e. The highest BCUT2D eigenvalue weighted by molar-refractivity contribution is 14.1. The molecule has 1 amide bonds. The number of nitrogens with one attached hydrogen (secondary N) is 1. The van der Waals surface area contributed by atoms with Gasteiger partial charge in [-0.3, -0.25) is 4.79 Å². The third-order valence-electron chi connectivity index (χ3n) is 2.57. The zero-order valence-corrected chi connectivity index (χ0v) is 13.2. The summed E-state index contributed by atoms with van der Waals surface area (Å²) in [7, 11) is 1.60. The van der Waals surface area contributed by atoms with Crippen LogP contribution < -0.4 is 15.8 Å². The molecule has 0 bridgehead atoms. The molecule has 100 valence electrons. The van der Waals surface area contributed by atoms with Crippen LogP contribution in [0.15, 0.2) is 29.6 Å². The van der Waals surface area contributed by atoms with E-state index in [4.69, 9.17) is 10.5 Å². The Balaban J connectivity index is 2.06. The first kappa shape index (κ1) is 14.1. The molecule has 1 heterocycles. The predicted octanol–water partition coefficient (Wildman–Crippen LogP) is 2.87. The first-order valence-electron chi connectivity index (χ1n) is 5.55. The molecular weight excluding hydrogens is 375 g/mol. The Hall–Kier alpha value is -1.28. The van der Waals surface area contributed by atoms with Crippen molar-refractivity contribution in [2.45, 2.75) is 6.54 Å². The number of rotatable bonds is 4. The van der Waals surface area contributed by atoms with Gasteiger partial charge < -0.3 is 15.8 Å². The first-order valence-corrected chi connectivity index (χ1v) is 7.50. The van der Waals surface area contributed by atoms with Gasteiger partial charge in [-0.25, -0.2) is 0 Å². The Bertz CT molecular complexity index is 598. The molecule has 0 aliphatic carbocycles. The monoisotopic (exact) mass is 388 g/mol. The van der Waals surface area contributed by atoms with Crippen LogP contribution in [0.3, 0.4) is 0 Å². The minimum Gasteiger partial charge on any atom is -0.496 e. The zero-order chi connectivity index (χ0) is 13.8. The number of carbonyl (C=O) groups excluding carboxylic acids is 1. The average Bonchev–Trinajstić information content (AvgIpc) is 2.83. The van der Waals surface area contributed by atoms with Crippen LogP contribution in [0, 0.1) is 2.88 Å². The number of hydrogen-bond acceptors (Lipinski definition) is 4. The second-order valence-corrected chi connectivity index (χ2v) is 6.70. The van der Waals surface area contributed by atoms with E-state index in [1.807, 2.05) is 11.4 Å². The molecule has 0 saturated carbocycles. The molecule has 3 N–H and O–H groups in total. The minimum atomic E-state index is -0.0938. The van der Waals surface area contributed by atoms with Gasteiger partial charge in [0.15, 0.2) is 0 Å². The van der Waals surface area contributed by atoms with E-state index >= 15 is 0 Å². The molecule has 19 heavy (non-hydrogen) atoms. The maximum absolute atomic E-state index is 11.9. The fourth-order valence-electron chi connectivity index (χ4n) is 1.64. The van der Waals surface area contributed by atoms with Gasteiger partial charge in [0.05, 0.1) is 15.6 Å². The van der Waals surface area contributed by atoms with E-state index in [1.165, 1.54) is 0 Å². The number of nitrogens with two attached hydrogens (primary N) is 1. The molecule has 4 nitrogen and oxygen atoms in total. The van der Waals surface area contributed by atoms with Crippen LogP contribution in [-0.4, -0.2) is 13.0 Å². The first-order chi connectivity index (χ1) is 9.10. The molecule has 0 fully saturated rings. The number of ether oxygens (including phenoxy) is 1. The summed E-state index contributed by atoms with van der Waals surface area (Å²) in [6.07, 6.45) is 0. The number of methoxy groups -OCH3 is 1. The van der Waals surface area contributed by atoms with E-state index in [1.54, 1.807) is 36.6 Å². The molecule has 2 rings (SSSR count). The third kappa shape index (κ3) is 3.60. The van der Waals surface area contributed by atoms with Gasteiger partial charge in [0.25, 0.3) is 5.91 Å². The highest BCUT2D eigenvalue weighted by Crippen LogP contribution is 2.21. The van der Waals surface area contributed by atoms with E-state index in [-0.39, 0.29) is 5.91 Å². The molecule has 2 aromatic rings. The minimum absolute atomic E-state index is 0.0938. The molecule has 0 radical (unpaired) electrons. The number of halogens is 1. The van der Waals surface area contributed by atoms with E-state index < -0.39 is 0 Å². The predicted molar refractivity (Wildman–Crippen MR) is 85.6 cm³/mol. The van der Waals surface area contributed by atoms with Gasteiger partial charge in [-0.2, -0.15) is 0 Å². The zero-order valence-electron chi connectivity index (χ0n) is 10.3. The molecule has 1 aromatic carbocycles. The van der Waals surface area contributed by atoms with Crippen LogP contribution in [-0.2, 0) is 6.54 Å². The van der Waals surface area contributed by atoms with E-state index in [0.29, 0.717) is 17.8 Å². The van der Waals surface area contributed by atoms with Crippen molar-refractivity contribution >= 4 is 45.5 Å². The lowest BCUT2D eigenvalue weighted by Crippen LogP contribution is -2.22. The fourth-order valence-corrected chi connectivity index (χ4v) is 2.97. The summed E-state index contributed by atoms with van der Waals surface area (Å²) in [5.41, 5.74) is 7.92. The van der Waals surface area contributed by atoms with Crippen molar-refractivity contribution in [2.75, 3.05) is 12.8 Å². The third-order valence-corrected chi connectivity index (χ3v) is 4.36. The van der Waals surface area contributed by atoms with Gasteiger partial charge in [-0.05, 0) is 46.9 Å². The van der Waals surface area contributed by atoms with Crippen molar-refractivity contribution < 1.29 is 9.53 Å². The summed E-state index contributed by atoms with van der Waals surface area (Å²) in [5.74, 6) is 0.623. The van der Waals surface area contributed by atoms with Crippen LogP contribution >= 0.6 is 33.9 Å². The lowest BCUT2D eigenvalue weighted by Gasteiger charge is -2.10. The second kappa shape index (κ2) is 6.25. The molecule has 0 atom stereocenters. The van der Waals surface area contributed by atoms with E-state index in [2.05, 4.69) is 27.9 Å². The van der Waals surface area contributed by atoms with Crippen LogP contribution in [0.5, 0.6) is 5.75 Å². The Kier molecular flexibility index (Phi) is 4.65. The van der Waals surface area contributed by atoms with Crippen molar-refractivity contribution in [1.29, 1.82) is 0 Å². The smallest absolute Gasteiger partial charge is 0.252 e. The number of nitrogen functional groups attached to an aromatic ring is 1. The van der Waals surface area contributed by atoms with Gasteiger partial charge in [0.2, 0.25) is 0 Å². The topological polar surface area (TPSA) is 64.3 Å². The Morgan fingerprint density at radius 2 is 2.26 bits per heavy atom. The van der Waals surface area contributed by atoms with Crippen LogP contribution in [0.4, 0.5) is 5.69 Å². The van der Waals surface area contributed by atoms with Crippen LogP contribution in [0.25, 0.3) is 0 Å². The summed E-state index contributed by atoms with van der Waals surface area (Å²) in [6, 6.07) is 7.23. The molecule has 0 saturated heterocycles. The van der Waals surface area contributed by atoms with Gasteiger partial charge >= 0.3 is 0 Å². The van der Waals surface area contributed by atoms with Crippen molar-refractivity contribution in [3.63, 3.8) is 0 Å². The van der Waals surface area contributed by atoms with Crippen molar-refractivity contribution in [1.82, 2.24) is 5.32 Å². The summed E-state index contributed by atoms with van der Waals surface area (Å²) < 4.78 is 6.32. The SMILES string of the molecule is COc1ccc(N)cc1CNC(=O)c1csc(I)c1. The van der Waals surface area contributed by atoms with Crippen molar-refractivity contribution in [3.05, 3.63) is 43.7 Å². The van der Waals surface area contributed by atoms with Crippen LogP contribution in [0.2, 0.25) is 0 Å². The number of hydrogen-bond donors (Lipinski definition) is 2. The Morgan fingerprint density at radius 3 is 2.89 bits per heavy atom. The summed E-state index contributed by atoms with van der Waals surface area (Å²) in [6.45, 7) is 0.388. The Morgan fingerprint density at radius 1 is 1.47 bits per heavy atom. The largest absolute Gasteiger partial charge is 0.496 e. The maximum atomic E-state index is 11.9. The van der Waals surface area contributed by atoms with Crippen molar-refractivity contribution in [2.24, 2.45) is 0 Å². The number of amides is 1. The lowest BCUT2D eigenvalue weighted by atomic mass is 10.1. The van der Waals surface area contributed by atoms with Gasteiger partial charge in [0, 0.05) is 23.2 Å². The quantitative estimate of drug-likeness (QED) is 0.626. The lowest BCUT2D eigenvalue weighted by molar-refractivity contribution is 0.0951. The molecule has 0 aliphatic heterocycles. The molecule has 6 heteroatoms. The van der Waals surface area contributed by atoms with Crippen LogP contribution in [0.1, 0.15) is 15.9 Å². The highest BCUT2D eigenvalue weighted by atomic mass is 127. The van der Waals surface area contributed by atoms with E-state index in [0.717, 1.165) is 14.2 Å². The normalized spacial score (nSPS) is 10.2. The number of benzene rings is 1. The van der Waals surface area contributed by atoms with Crippen molar-refractivity contribution in [3.8, 4) is 5.75 Å². The molecular formula is C13H13IN2O2S. The highest BCUT2D eigenvalue weighted by Gasteiger charge is 2.09.